The molecule has 1 N–H and O–H groups in total. The summed E-state index contributed by atoms with van der Waals surface area (Å²) in [5, 5.41) is 5.18. The second-order valence-corrected chi connectivity index (χ2v) is 8.26. The van der Waals surface area contributed by atoms with E-state index in [9.17, 15) is 0 Å². The minimum absolute atomic E-state index is 0.652. The minimum atomic E-state index is 0.652. The molecule has 1 aromatic rings. The summed E-state index contributed by atoms with van der Waals surface area (Å²) in [4.78, 5) is 0. The molecule has 1 aliphatic carbocycles. The first-order chi connectivity index (χ1) is 8.86. The van der Waals surface area contributed by atoms with Gasteiger partial charge in [0.2, 0.25) is 0 Å². The molecule has 2 heteroatoms. The van der Waals surface area contributed by atoms with Gasteiger partial charge in [0.1, 0.15) is 0 Å². The average Bonchev–Trinajstić information content (AvgIpc) is 2.82. The van der Waals surface area contributed by atoms with Crippen molar-refractivity contribution in [1.82, 2.24) is 5.32 Å². The molecule has 98 valence electrons. The Morgan fingerprint density at radius 3 is 2.67 bits per heavy atom. The van der Waals surface area contributed by atoms with Crippen molar-refractivity contribution in [3.8, 4) is 0 Å². The molecule has 1 saturated heterocycles. The molecule has 1 aromatic carbocycles. The Hall–Kier alpha value is -0.301. The molecule has 18 heavy (non-hydrogen) atoms. The van der Waals surface area contributed by atoms with Crippen LogP contribution >= 0.6 is 0 Å². The van der Waals surface area contributed by atoms with Crippen LogP contribution < -0.4 is 9.78 Å². The quantitative estimate of drug-likeness (QED) is 0.847. The van der Waals surface area contributed by atoms with Crippen molar-refractivity contribution in [2.24, 2.45) is 5.41 Å². The molecule has 1 unspecified atom stereocenters. The van der Waals surface area contributed by atoms with Crippen LogP contribution in [0.5, 0.6) is 0 Å². The van der Waals surface area contributed by atoms with Crippen molar-refractivity contribution in [2.45, 2.75) is 49.9 Å². The average molecular weight is 308 g/mol. The van der Waals surface area contributed by atoms with Gasteiger partial charge in [0.15, 0.2) is 0 Å². The van der Waals surface area contributed by atoms with Crippen LogP contribution in [-0.4, -0.2) is 27.5 Å². The molecule has 0 aromatic heterocycles. The molecule has 1 heterocycles. The SMILES string of the molecule is c1ccc([Se]CC2CC3(CCCCC3)CN2)cc1. The number of hydrogen-bond acceptors (Lipinski definition) is 1. The first kappa shape index (κ1) is 12.7. The van der Waals surface area contributed by atoms with E-state index in [-0.39, 0.29) is 0 Å². The van der Waals surface area contributed by atoms with Crippen molar-refractivity contribution in [2.75, 3.05) is 6.54 Å². The maximum atomic E-state index is 3.80. The Morgan fingerprint density at radius 2 is 1.89 bits per heavy atom. The third-order valence-corrected chi connectivity index (χ3v) is 7.02. The van der Waals surface area contributed by atoms with Crippen molar-refractivity contribution < 1.29 is 0 Å². The summed E-state index contributed by atoms with van der Waals surface area (Å²) in [7, 11) is 0. The normalized spacial score (nSPS) is 26.6. The van der Waals surface area contributed by atoms with E-state index in [0.29, 0.717) is 20.4 Å². The van der Waals surface area contributed by atoms with Crippen LogP contribution in [-0.2, 0) is 0 Å². The van der Waals surface area contributed by atoms with Crippen molar-refractivity contribution in [1.29, 1.82) is 0 Å². The van der Waals surface area contributed by atoms with Crippen LogP contribution in [0.4, 0.5) is 0 Å². The van der Waals surface area contributed by atoms with Gasteiger partial charge in [-0.2, -0.15) is 0 Å². The molecule has 1 aliphatic heterocycles. The Morgan fingerprint density at radius 1 is 1.11 bits per heavy atom. The fourth-order valence-corrected chi connectivity index (χ4v) is 5.60. The van der Waals surface area contributed by atoms with Gasteiger partial charge >= 0.3 is 117 Å². The number of benzene rings is 1. The van der Waals surface area contributed by atoms with E-state index in [1.807, 2.05) is 0 Å². The molecular weight excluding hydrogens is 285 g/mol. The number of nitrogens with one attached hydrogen (secondary N) is 1. The predicted octanol–water partition coefficient (Wildman–Crippen LogP) is 2.75. The fraction of sp³-hybridized carbons (Fsp3) is 0.625. The molecule has 0 bridgehead atoms. The second-order valence-electron chi connectivity index (χ2n) is 5.97. The van der Waals surface area contributed by atoms with E-state index in [1.165, 1.54) is 50.4 Å². The van der Waals surface area contributed by atoms with E-state index in [1.54, 1.807) is 4.46 Å². The Bertz CT molecular complexity index is 370. The van der Waals surface area contributed by atoms with Crippen LogP contribution in [0, 0.1) is 5.41 Å². The number of hydrogen-bond donors (Lipinski definition) is 1. The molecule has 1 atom stereocenters. The fourth-order valence-electron chi connectivity index (χ4n) is 3.54. The van der Waals surface area contributed by atoms with Gasteiger partial charge in [0.05, 0.1) is 0 Å². The topological polar surface area (TPSA) is 12.0 Å². The van der Waals surface area contributed by atoms with Gasteiger partial charge < -0.3 is 0 Å². The molecule has 1 spiro atoms. The zero-order valence-electron chi connectivity index (χ0n) is 11.0. The third kappa shape index (κ3) is 2.99. The third-order valence-electron chi connectivity index (χ3n) is 4.55. The van der Waals surface area contributed by atoms with E-state index in [0.717, 1.165) is 6.04 Å². The van der Waals surface area contributed by atoms with Crippen molar-refractivity contribution in [3.05, 3.63) is 30.3 Å². The van der Waals surface area contributed by atoms with Crippen LogP contribution in [0.3, 0.4) is 0 Å². The van der Waals surface area contributed by atoms with E-state index >= 15 is 0 Å². The Kier molecular flexibility index (Phi) is 4.08. The molecule has 0 amide bonds. The van der Waals surface area contributed by atoms with Gasteiger partial charge in [-0.1, -0.05) is 0 Å². The van der Waals surface area contributed by atoms with E-state index in [4.69, 9.17) is 0 Å². The summed E-state index contributed by atoms with van der Waals surface area (Å²) in [6.07, 6.45) is 8.82. The summed E-state index contributed by atoms with van der Waals surface area (Å²) in [6, 6.07) is 11.8. The summed E-state index contributed by atoms with van der Waals surface area (Å²) >= 11 is 0.652. The zero-order valence-corrected chi connectivity index (χ0v) is 12.7. The Balaban J connectivity index is 1.50. The van der Waals surface area contributed by atoms with Crippen LogP contribution in [0.25, 0.3) is 0 Å². The first-order valence-corrected chi connectivity index (χ1v) is 9.34. The molecule has 1 nitrogen and oxygen atoms in total. The summed E-state index contributed by atoms with van der Waals surface area (Å²) in [5.41, 5.74) is 0.690. The van der Waals surface area contributed by atoms with Gasteiger partial charge in [0, 0.05) is 0 Å². The van der Waals surface area contributed by atoms with Gasteiger partial charge in [-0.05, 0) is 0 Å². The summed E-state index contributed by atoms with van der Waals surface area (Å²) in [5.74, 6) is 0. The second kappa shape index (κ2) is 5.77. The van der Waals surface area contributed by atoms with E-state index < -0.39 is 0 Å². The monoisotopic (exact) mass is 309 g/mol. The van der Waals surface area contributed by atoms with Crippen LogP contribution in [0.2, 0.25) is 5.32 Å². The van der Waals surface area contributed by atoms with Gasteiger partial charge in [-0.15, -0.1) is 0 Å². The first-order valence-electron chi connectivity index (χ1n) is 7.28. The molecule has 0 radical (unpaired) electrons. The van der Waals surface area contributed by atoms with Gasteiger partial charge in [-0.25, -0.2) is 0 Å². The summed E-state index contributed by atoms with van der Waals surface area (Å²) in [6.45, 7) is 1.29. The molecule has 2 aliphatic rings. The zero-order chi connectivity index (χ0) is 12.3. The van der Waals surface area contributed by atoms with Crippen molar-refractivity contribution >= 4 is 19.4 Å². The summed E-state index contributed by atoms with van der Waals surface area (Å²) < 4.78 is 1.55. The van der Waals surface area contributed by atoms with E-state index in [2.05, 4.69) is 35.6 Å². The standard InChI is InChI=1S/C16H23NSe/c1-3-7-15(8-4-1)18-12-14-11-16(13-17-14)9-5-2-6-10-16/h1,3-4,7-8,14,17H,2,5-6,9-13H2. The van der Waals surface area contributed by atoms with Gasteiger partial charge in [-0.3, -0.25) is 0 Å². The van der Waals surface area contributed by atoms with Crippen molar-refractivity contribution in [3.63, 3.8) is 0 Å². The van der Waals surface area contributed by atoms with Gasteiger partial charge in [0.25, 0.3) is 0 Å². The molecule has 3 rings (SSSR count). The maximum absolute atomic E-state index is 3.80. The predicted molar refractivity (Wildman–Crippen MR) is 78.6 cm³/mol. The Labute approximate surface area is 117 Å². The number of rotatable bonds is 3. The molecular formula is C16H23NSe. The molecule has 1 saturated carbocycles. The molecule has 2 fully saturated rings. The van der Waals surface area contributed by atoms with Crippen LogP contribution in [0.15, 0.2) is 30.3 Å². The van der Waals surface area contributed by atoms with Crippen LogP contribution in [0.1, 0.15) is 38.5 Å².